The predicted molar refractivity (Wildman–Crippen MR) is 84.1 cm³/mol. The van der Waals surface area contributed by atoms with E-state index in [2.05, 4.69) is 24.5 Å². The lowest BCUT2D eigenvalue weighted by Gasteiger charge is -2.35. The third-order valence-electron chi connectivity index (χ3n) is 4.19. The van der Waals surface area contributed by atoms with Gasteiger partial charge in [0.1, 0.15) is 0 Å². The van der Waals surface area contributed by atoms with Gasteiger partial charge < -0.3 is 10.6 Å². The van der Waals surface area contributed by atoms with Crippen LogP contribution >= 0.6 is 0 Å². The van der Waals surface area contributed by atoms with Crippen LogP contribution in [0.4, 0.5) is 5.69 Å². The van der Waals surface area contributed by atoms with Gasteiger partial charge in [0.05, 0.1) is 0 Å². The van der Waals surface area contributed by atoms with Crippen LogP contribution in [0.1, 0.15) is 56.8 Å². The van der Waals surface area contributed by atoms with Crippen molar-refractivity contribution in [3.8, 4) is 0 Å². The molecule has 1 fully saturated rings. The van der Waals surface area contributed by atoms with Crippen LogP contribution in [0, 0.1) is 5.41 Å². The summed E-state index contributed by atoms with van der Waals surface area (Å²) in [4.78, 5) is 11.7. The number of benzene rings is 1. The summed E-state index contributed by atoms with van der Waals surface area (Å²) in [6.07, 6.45) is 5.01. The van der Waals surface area contributed by atoms with Crippen LogP contribution in [0.2, 0.25) is 0 Å². The average molecular weight is 274 g/mol. The van der Waals surface area contributed by atoms with Crippen molar-refractivity contribution in [2.24, 2.45) is 5.41 Å². The average Bonchev–Trinajstić information content (AvgIpc) is 2.42. The van der Waals surface area contributed by atoms with Crippen molar-refractivity contribution in [1.29, 1.82) is 0 Å². The molecule has 0 saturated heterocycles. The molecule has 0 aliphatic heterocycles. The van der Waals surface area contributed by atoms with Crippen LogP contribution in [0.15, 0.2) is 24.3 Å². The van der Waals surface area contributed by atoms with Crippen molar-refractivity contribution in [3.05, 3.63) is 29.8 Å². The highest BCUT2D eigenvalue weighted by molar-refractivity contribution is 5.94. The van der Waals surface area contributed by atoms with Gasteiger partial charge in [-0.1, -0.05) is 13.8 Å². The minimum Gasteiger partial charge on any atom is -0.382 e. The highest BCUT2D eigenvalue weighted by atomic mass is 16.1. The van der Waals surface area contributed by atoms with E-state index in [9.17, 15) is 4.79 Å². The van der Waals surface area contributed by atoms with Crippen LogP contribution in [0.3, 0.4) is 0 Å². The lowest BCUT2D eigenvalue weighted by molar-refractivity contribution is 0.0956. The van der Waals surface area contributed by atoms with E-state index < -0.39 is 0 Å². The molecule has 0 spiro atoms. The molecule has 0 heterocycles. The number of carbonyl (C=O) groups excluding carboxylic acids is 1. The molecular formula is C17H26N2O. The lowest BCUT2D eigenvalue weighted by atomic mass is 9.75. The van der Waals surface area contributed by atoms with Gasteiger partial charge in [0.25, 0.3) is 5.91 Å². The molecule has 0 aromatic heterocycles. The summed E-state index contributed by atoms with van der Waals surface area (Å²) >= 11 is 0. The fourth-order valence-corrected chi connectivity index (χ4v) is 2.76. The summed E-state index contributed by atoms with van der Waals surface area (Å²) in [5.41, 5.74) is 2.34. The molecule has 1 amide bonds. The lowest BCUT2D eigenvalue weighted by Crippen LogP contribution is -2.29. The minimum absolute atomic E-state index is 0.00142. The molecule has 1 aliphatic rings. The Balaban J connectivity index is 1.90. The maximum absolute atomic E-state index is 11.7. The summed E-state index contributed by atoms with van der Waals surface area (Å²) < 4.78 is 0. The molecule has 3 heteroatoms. The van der Waals surface area contributed by atoms with Crippen LogP contribution < -0.4 is 10.6 Å². The van der Waals surface area contributed by atoms with Gasteiger partial charge in [0, 0.05) is 23.8 Å². The molecule has 0 atom stereocenters. The quantitative estimate of drug-likeness (QED) is 0.876. The molecule has 3 nitrogen and oxygen atoms in total. The van der Waals surface area contributed by atoms with E-state index in [0.717, 1.165) is 11.3 Å². The van der Waals surface area contributed by atoms with Crippen LogP contribution in [0.25, 0.3) is 0 Å². The summed E-state index contributed by atoms with van der Waals surface area (Å²) in [5, 5.41) is 6.40. The molecule has 1 aromatic carbocycles. The fraction of sp³-hybridized carbons (Fsp3) is 0.588. The molecule has 20 heavy (non-hydrogen) atoms. The summed E-state index contributed by atoms with van der Waals surface area (Å²) in [6, 6.07) is 8.35. The van der Waals surface area contributed by atoms with Crippen molar-refractivity contribution < 1.29 is 4.79 Å². The van der Waals surface area contributed by atoms with Crippen LogP contribution in [-0.2, 0) is 0 Å². The monoisotopic (exact) mass is 274 g/mol. The number of anilines is 1. The molecule has 2 rings (SSSR count). The van der Waals surface area contributed by atoms with Gasteiger partial charge in [0.2, 0.25) is 0 Å². The second kappa shape index (κ2) is 6.29. The minimum atomic E-state index is -0.00142. The highest BCUT2D eigenvalue weighted by Crippen LogP contribution is 2.36. The van der Waals surface area contributed by atoms with E-state index in [-0.39, 0.29) is 5.91 Å². The maximum Gasteiger partial charge on any atom is 0.251 e. The van der Waals surface area contributed by atoms with Gasteiger partial charge in [-0.3, -0.25) is 4.79 Å². The second-order valence-electron chi connectivity index (χ2n) is 6.52. The Morgan fingerprint density at radius 2 is 1.80 bits per heavy atom. The third kappa shape index (κ3) is 3.99. The number of amides is 1. The Hall–Kier alpha value is -1.51. The first-order valence-corrected chi connectivity index (χ1v) is 7.65. The number of hydrogen-bond acceptors (Lipinski definition) is 2. The second-order valence-corrected chi connectivity index (χ2v) is 6.52. The van der Waals surface area contributed by atoms with Gasteiger partial charge in [0.15, 0.2) is 0 Å². The first-order valence-electron chi connectivity index (χ1n) is 7.65. The number of nitrogens with one attached hydrogen (secondary N) is 2. The van der Waals surface area contributed by atoms with Crippen LogP contribution in [-0.4, -0.2) is 18.5 Å². The van der Waals surface area contributed by atoms with E-state index in [1.165, 1.54) is 25.7 Å². The molecule has 2 N–H and O–H groups in total. The first-order chi connectivity index (χ1) is 9.50. The smallest absolute Gasteiger partial charge is 0.251 e. The predicted octanol–water partition coefficient (Wildman–Crippen LogP) is 3.82. The van der Waals surface area contributed by atoms with Crippen molar-refractivity contribution in [1.82, 2.24) is 5.32 Å². The van der Waals surface area contributed by atoms with Crippen LogP contribution in [0.5, 0.6) is 0 Å². The molecule has 1 aromatic rings. The Labute approximate surface area is 122 Å². The van der Waals surface area contributed by atoms with Crippen molar-refractivity contribution in [3.63, 3.8) is 0 Å². The van der Waals surface area contributed by atoms with E-state index in [4.69, 9.17) is 0 Å². The number of hydrogen-bond donors (Lipinski definition) is 2. The van der Waals surface area contributed by atoms with Gasteiger partial charge in [-0.2, -0.15) is 0 Å². The Bertz CT molecular complexity index is 441. The van der Waals surface area contributed by atoms with E-state index in [1.54, 1.807) is 0 Å². The SMILES string of the molecule is CCNC(=O)c1ccc(NC2CCC(C)(C)CC2)cc1. The maximum atomic E-state index is 11.7. The topological polar surface area (TPSA) is 41.1 Å². The number of carbonyl (C=O) groups is 1. The van der Waals surface area contributed by atoms with Gasteiger partial charge in [-0.15, -0.1) is 0 Å². The Morgan fingerprint density at radius 3 is 2.35 bits per heavy atom. The summed E-state index contributed by atoms with van der Waals surface area (Å²) in [6.45, 7) is 7.30. The van der Waals surface area contributed by atoms with E-state index >= 15 is 0 Å². The van der Waals surface area contributed by atoms with E-state index in [0.29, 0.717) is 18.0 Å². The summed E-state index contributed by atoms with van der Waals surface area (Å²) in [7, 11) is 0. The largest absolute Gasteiger partial charge is 0.382 e. The molecule has 0 unspecified atom stereocenters. The first kappa shape index (κ1) is 14.9. The van der Waals surface area contributed by atoms with Crippen molar-refractivity contribution in [2.75, 3.05) is 11.9 Å². The Morgan fingerprint density at radius 1 is 1.20 bits per heavy atom. The zero-order valence-electron chi connectivity index (χ0n) is 12.8. The zero-order chi connectivity index (χ0) is 14.6. The normalized spacial score (nSPS) is 18.6. The van der Waals surface area contributed by atoms with E-state index in [1.807, 2.05) is 31.2 Å². The molecular weight excluding hydrogens is 248 g/mol. The zero-order valence-corrected chi connectivity index (χ0v) is 12.8. The van der Waals surface area contributed by atoms with Gasteiger partial charge in [-0.05, 0) is 62.3 Å². The van der Waals surface area contributed by atoms with Crippen molar-refractivity contribution >= 4 is 11.6 Å². The van der Waals surface area contributed by atoms with Gasteiger partial charge >= 0.3 is 0 Å². The molecule has 110 valence electrons. The third-order valence-corrected chi connectivity index (χ3v) is 4.19. The highest BCUT2D eigenvalue weighted by Gasteiger charge is 2.26. The Kier molecular flexibility index (Phi) is 4.69. The fourth-order valence-electron chi connectivity index (χ4n) is 2.76. The van der Waals surface area contributed by atoms with Crippen molar-refractivity contribution in [2.45, 2.75) is 52.5 Å². The molecule has 1 aliphatic carbocycles. The molecule has 0 bridgehead atoms. The standard InChI is InChI=1S/C17H26N2O/c1-4-18-16(20)13-5-7-14(8-6-13)19-15-9-11-17(2,3)12-10-15/h5-8,15,19H,4,9-12H2,1-3H3,(H,18,20). The molecule has 1 saturated carbocycles. The van der Waals surface area contributed by atoms with Gasteiger partial charge in [-0.25, -0.2) is 0 Å². The molecule has 0 radical (unpaired) electrons. The number of rotatable bonds is 4. The summed E-state index contributed by atoms with van der Waals surface area (Å²) in [5.74, 6) is -0.00142.